The summed E-state index contributed by atoms with van der Waals surface area (Å²) in [5, 5.41) is 9.32. The van der Waals surface area contributed by atoms with Crippen LogP contribution in [0.25, 0.3) is 0 Å². The first-order valence-corrected chi connectivity index (χ1v) is 10.9. The number of nitrogens with zero attached hydrogens (tertiary/aromatic N) is 3. The third-order valence-electron chi connectivity index (χ3n) is 6.75. The van der Waals surface area contributed by atoms with Gasteiger partial charge in [0.1, 0.15) is 17.3 Å². The molecule has 0 radical (unpaired) electrons. The van der Waals surface area contributed by atoms with Crippen LogP contribution < -0.4 is 4.90 Å². The summed E-state index contributed by atoms with van der Waals surface area (Å²) in [5.74, 6) is -0.821. The summed E-state index contributed by atoms with van der Waals surface area (Å²) in [6.45, 7) is 2.07. The molecule has 0 aromatic heterocycles. The van der Waals surface area contributed by atoms with Crippen LogP contribution in [0.1, 0.15) is 30.4 Å². The largest absolute Gasteiger partial charge is 0.468 e. The Kier molecular flexibility index (Phi) is 6.13. The van der Waals surface area contributed by atoms with E-state index in [1.54, 1.807) is 11.0 Å². The highest BCUT2D eigenvalue weighted by atomic mass is 19.1. The minimum absolute atomic E-state index is 0.0611. The zero-order valence-corrected chi connectivity index (χ0v) is 18.1. The van der Waals surface area contributed by atoms with E-state index in [0.717, 1.165) is 5.56 Å². The Morgan fingerprint density at radius 3 is 2.50 bits per heavy atom. The van der Waals surface area contributed by atoms with Gasteiger partial charge in [0.25, 0.3) is 0 Å². The Morgan fingerprint density at radius 2 is 1.84 bits per heavy atom. The van der Waals surface area contributed by atoms with Crippen molar-refractivity contribution in [3.8, 4) is 6.07 Å². The molecule has 2 aliphatic rings. The summed E-state index contributed by atoms with van der Waals surface area (Å²) in [7, 11) is 1.39. The van der Waals surface area contributed by atoms with Crippen molar-refractivity contribution in [2.24, 2.45) is 5.92 Å². The summed E-state index contributed by atoms with van der Waals surface area (Å²) in [6.07, 6.45) is 1.83. The van der Waals surface area contributed by atoms with E-state index < -0.39 is 11.2 Å². The number of carbonyl (C=O) groups is 2. The van der Waals surface area contributed by atoms with E-state index in [-0.39, 0.29) is 17.8 Å². The average molecular weight is 435 g/mol. The zero-order chi connectivity index (χ0) is 22.7. The van der Waals surface area contributed by atoms with Crippen LogP contribution >= 0.6 is 0 Å². The van der Waals surface area contributed by atoms with E-state index >= 15 is 0 Å². The van der Waals surface area contributed by atoms with Crippen molar-refractivity contribution < 1.29 is 18.7 Å². The number of hydrogen-bond acceptors (Lipinski definition) is 5. The van der Waals surface area contributed by atoms with Crippen LogP contribution in [0.2, 0.25) is 0 Å². The molecule has 7 heteroatoms. The van der Waals surface area contributed by atoms with E-state index in [0.29, 0.717) is 56.7 Å². The van der Waals surface area contributed by atoms with Gasteiger partial charge in [0.2, 0.25) is 5.91 Å². The van der Waals surface area contributed by atoms with Gasteiger partial charge in [-0.05, 0) is 43.0 Å². The molecule has 0 bridgehead atoms. The highest BCUT2D eigenvalue weighted by Crippen LogP contribution is 2.37. The van der Waals surface area contributed by atoms with Crippen LogP contribution in [0.3, 0.4) is 0 Å². The van der Waals surface area contributed by atoms with Crippen LogP contribution in [0, 0.1) is 23.1 Å². The molecule has 0 spiro atoms. The second-order valence-electron chi connectivity index (χ2n) is 8.48. The first-order valence-electron chi connectivity index (χ1n) is 10.9. The molecule has 2 saturated heterocycles. The fourth-order valence-corrected chi connectivity index (χ4v) is 4.97. The third-order valence-corrected chi connectivity index (χ3v) is 6.75. The molecule has 2 aromatic carbocycles. The van der Waals surface area contributed by atoms with E-state index in [9.17, 15) is 19.2 Å². The van der Waals surface area contributed by atoms with Gasteiger partial charge in [-0.1, -0.05) is 30.3 Å². The summed E-state index contributed by atoms with van der Waals surface area (Å²) in [4.78, 5) is 29.9. The fourth-order valence-electron chi connectivity index (χ4n) is 4.97. The Morgan fingerprint density at radius 1 is 1.12 bits per heavy atom. The monoisotopic (exact) mass is 435 g/mol. The lowest BCUT2D eigenvalue weighted by Crippen LogP contribution is -2.45. The van der Waals surface area contributed by atoms with Gasteiger partial charge in [0.15, 0.2) is 0 Å². The number of anilines is 1. The first-order chi connectivity index (χ1) is 15.5. The summed E-state index contributed by atoms with van der Waals surface area (Å²) < 4.78 is 18.6. The number of benzene rings is 2. The van der Waals surface area contributed by atoms with Gasteiger partial charge in [-0.15, -0.1) is 0 Å². The summed E-state index contributed by atoms with van der Waals surface area (Å²) >= 11 is 0. The molecule has 0 aliphatic carbocycles. The second-order valence-corrected chi connectivity index (χ2v) is 8.48. The quantitative estimate of drug-likeness (QED) is 0.690. The molecule has 166 valence electrons. The molecule has 4 rings (SSSR count). The Balaban J connectivity index is 1.44. The maximum atomic E-state index is 13.5. The maximum Gasteiger partial charge on any atom is 0.318 e. The van der Waals surface area contributed by atoms with Crippen molar-refractivity contribution in [3.05, 3.63) is 65.5 Å². The number of ether oxygens (including phenoxy) is 1. The SMILES string of the molecule is COC(=O)C1(c2ccccc2)CCN(C(=O)C2CCN(c3ccc(F)cc3C#N)CC2)C1. The number of esters is 1. The Hall–Kier alpha value is -3.40. The molecular formula is C25H26FN3O3. The molecule has 1 atom stereocenters. The molecule has 32 heavy (non-hydrogen) atoms. The van der Waals surface area contributed by atoms with Gasteiger partial charge in [-0.2, -0.15) is 5.26 Å². The number of nitriles is 1. The molecular weight excluding hydrogens is 409 g/mol. The standard InChI is InChI=1S/C25H26FN3O3/c1-32-24(31)25(20-5-3-2-4-6-20)11-14-29(17-25)23(30)18-9-12-28(13-10-18)22-8-7-21(26)15-19(22)16-27/h2-8,15,18H,9-14,17H2,1H3. The molecule has 0 saturated carbocycles. The highest BCUT2D eigenvalue weighted by Gasteiger charge is 2.49. The molecule has 2 heterocycles. The smallest absolute Gasteiger partial charge is 0.318 e. The minimum atomic E-state index is -0.831. The molecule has 2 fully saturated rings. The van der Waals surface area contributed by atoms with E-state index in [1.807, 2.05) is 35.2 Å². The predicted octanol–water partition coefficient (Wildman–Crippen LogP) is 3.26. The average Bonchev–Trinajstić information content (AvgIpc) is 3.30. The molecule has 2 aromatic rings. The van der Waals surface area contributed by atoms with Crippen LogP contribution in [0.15, 0.2) is 48.5 Å². The van der Waals surface area contributed by atoms with Crippen LogP contribution in [0.4, 0.5) is 10.1 Å². The van der Waals surface area contributed by atoms with Crippen molar-refractivity contribution in [2.45, 2.75) is 24.7 Å². The lowest BCUT2D eigenvalue weighted by Gasteiger charge is -2.35. The molecule has 1 amide bonds. The number of rotatable bonds is 4. The number of likely N-dealkylation sites (tertiary alicyclic amines) is 1. The summed E-state index contributed by atoms with van der Waals surface area (Å²) in [5.41, 5.74) is 1.05. The van der Waals surface area contributed by atoms with Gasteiger partial charge >= 0.3 is 5.97 Å². The molecule has 2 aliphatic heterocycles. The van der Waals surface area contributed by atoms with Gasteiger partial charge in [-0.25, -0.2) is 4.39 Å². The number of amides is 1. The third kappa shape index (κ3) is 3.93. The van der Waals surface area contributed by atoms with E-state index in [4.69, 9.17) is 4.74 Å². The molecule has 6 nitrogen and oxygen atoms in total. The first kappa shape index (κ1) is 21.8. The number of hydrogen-bond donors (Lipinski definition) is 0. The van der Waals surface area contributed by atoms with E-state index in [1.165, 1.54) is 19.2 Å². The Labute approximate surface area is 187 Å². The van der Waals surface area contributed by atoms with Crippen molar-refractivity contribution in [1.82, 2.24) is 4.90 Å². The lowest BCUT2D eigenvalue weighted by atomic mass is 9.79. The van der Waals surface area contributed by atoms with Gasteiger partial charge in [0.05, 0.1) is 18.4 Å². The second kappa shape index (κ2) is 8.99. The van der Waals surface area contributed by atoms with Crippen LogP contribution in [0.5, 0.6) is 0 Å². The fraction of sp³-hybridized carbons (Fsp3) is 0.400. The minimum Gasteiger partial charge on any atom is -0.468 e. The molecule has 1 unspecified atom stereocenters. The number of methoxy groups -OCH3 is 1. The van der Waals surface area contributed by atoms with E-state index in [2.05, 4.69) is 6.07 Å². The highest BCUT2D eigenvalue weighted by molar-refractivity contribution is 5.87. The Bertz CT molecular complexity index is 1040. The number of carbonyl (C=O) groups excluding carboxylic acids is 2. The predicted molar refractivity (Wildman–Crippen MR) is 117 cm³/mol. The van der Waals surface area contributed by atoms with Gasteiger partial charge in [-0.3, -0.25) is 9.59 Å². The number of halogens is 1. The van der Waals surface area contributed by atoms with Gasteiger partial charge < -0.3 is 14.5 Å². The topological polar surface area (TPSA) is 73.6 Å². The van der Waals surface area contributed by atoms with Crippen LogP contribution in [-0.4, -0.2) is 50.1 Å². The van der Waals surface area contributed by atoms with Crippen molar-refractivity contribution in [3.63, 3.8) is 0 Å². The van der Waals surface area contributed by atoms with Crippen molar-refractivity contribution in [2.75, 3.05) is 38.2 Å². The van der Waals surface area contributed by atoms with Gasteiger partial charge in [0, 0.05) is 32.1 Å². The zero-order valence-electron chi connectivity index (χ0n) is 18.1. The maximum absolute atomic E-state index is 13.5. The van der Waals surface area contributed by atoms with Crippen molar-refractivity contribution in [1.29, 1.82) is 5.26 Å². The normalized spacial score (nSPS) is 21.3. The molecule has 0 N–H and O–H groups in total. The lowest BCUT2D eigenvalue weighted by molar-refractivity contribution is -0.147. The van der Waals surface area contributed by atoms with Crippen molar-refractivity contribution >= 4 is 17.6 Å². The van der Waals surface area contributed by atoms with Crippen LogP contribution in [-0.2, 0) is 19.7 Å². The summed E-state index contributed by atoms with van der Waals surface area (Å²) in [6, 6.07) is 15.8. The number of piperidine rings is 1.